The molecule has 0 amide bonds. The van der Waals surface area contributed by atoms with Crippen molar-refractivity contribution < 1.29 is 8.83 Å². The van der Waals surface area contributed by atoms with E-state index in [1.807, 2.05) is 18.2 Å². The second-order valence-electron chi connectivity index (χ2n) is 15.6. The Morgan fingerprint density at radius 1 is 0.290 bits per heavy atom. The molecule has 5 heteroatoms. The summed E-state index contributed by atoms with van der Waals surface area (Å²) in [6, 6.07) is 78.5. The second kappa shape index (κ2) is 14.7. The van der Waals surface area contributed by atoms with Crippen molar-refractivity contribution in [2.24, 2.45) is 0 Å². The number of rotatable bonds is 8. The monoisotopic (exact) mass is 795 g/mol. The summed E-state index contributed by atoms with van der Waals surface area (Å²) in [5.41, 5.74) is 12.8. The zero-order chi connectivity index (χ0) is 41.0. The van der Waals surface area contributed by atoms with E-state index in [2.05, 4.69) is 216 Å². The number of anilines is 6. The molecular formula is C57H37N3O2. The highest BCUT2D eigenvalue weighted by Gasteiger charge is 2.21. The highest BCUT2D eigenvalue weighted by molar-refractivity contribution is 6.23. The number of oxazole rings is 1. The van der Waals surface area contributed by atoms with Crippen LogP contribution in [-0.4, -0.2) is 4.98 Å². The van der Waals surface area contributed by atoms with Gasteiger partial charge in [0.05, 0.1) is 0 Å². The van der Waals surface area contributed by atoms with E-state index in [1.165, 1.54) is 5.56 Å². The van der Waals surface area contributed by atoms with Crippen molar-refractivity contribution in [3.63, 3.8) is 0 Å². The van der Waals surface area contributed by atoms with Crippen LogP contribution in [0, 0.1) is 0 Å². The van der Waals surface area contributed by atoms with Gasteiger partial charge in [0.25, 0.3) is 0 Å². The largest absolute Gasteiger partial charge is 0.456 e. The molecule has 292 valence electrons. The van der Waals surface area contributed by atoms with Gasteiger partial charge < -0.3 is 18.6 Å². The number of para-hydroxylation sites is 3. The van der Waals surface area contributed by atoms with Gasteiger partial charge in [0.15, 0.2) is 5.58 Å². The number of hydrogen-bond donors (Lipinski definition) is 0. The molecule has 0 N–H and O–H groups in total. The third-order valence-corrected chi connectivity index (χ3v) is 11.8. The molecule has 0 atom stereocenters. The second-order valence-corrected chi connectivity index (χ2v) is 15.6. The van der Waals surface area contributed by atoms with Crippen LogP contribution in [0.25, 0.3) is 77.2 Å². The summed E-state index contributed by atoms with van der Waals surface area (Å²) in [6.45, 7) is 0. The molecule has 5 nitrogen and oxygen atoms in total. The molecule has 0 fully saturated rings. The van der Waals surface area contributed by atoms with Gasteiger partial charge in [-0.3, -0.25) is 0 Å². The first-order valence-corrected chi connectivity index (χ1v) is 20.9. The van der Waals surface area contributed by atoms with Crippen molar-refractivity contribution in [1.29, 1.82) is 0 Å². The molecule has 10 aromatic carbocycles. The first-order valence-electron chi connectivity index (χ1n) is 20.9. The van der Waals surface area contributed by atoms with Crippen molar-refractivity contribution in [3.05, 3.63) is 224 Å². The molecule has 0 aliphatic rings. The molecule has 0 bridgehead atoms. The van der Waals surface area contributed by atoms with Gasteiger partial charge in [-0.1, -0.05) is 127 Å². The topological polar surface area (TPSA) is 45.7 Å². The number of furan rings is 1. The molecule has 62 heavy (non-hydrogen) atoms. The molecule has 0 aliphatic heterocycles. The maximum atomic E-state index is 6.85. The SMILES string of the molecule is c1ccc(-c2ccc(N(c3cccc(-c4nc5c6ccc(N(c7ccccc7)c7ccccc7)cc6c6ccccc6c5o4)c3)c3ccc4oc5ccccc5c4c3)cc2)cc1. The summed E-state index contributed by atoms with van der Waals surface area (Å²) in [6.07, 6.45) is 0. The lowest BCUT2D eigenvalue weighted by atomic mass is 9.99. The minimum atomic E-state index is 0.564. The van der Waals surface area contributed by atoms with E-state index in [9.17, 15) is 0 Å². The Morgan fingerprint density at radius 2 is 0.790 bits per heavy atom. The minimum Gasteiger partial charge on any atom is -0.456 e. The molecule has 12 rings (SSSR count). The van der Waals surface area contributed by atoms with E-state index >= 15 is 0 Å². The number of fused-ring (bicyclic) bond motifs is 9. The van der Waals surface area contributed by atoms with Gasteiger partial charge in [-0.05, 0) is 119 Å². The lowest BCUT2D eigenvalue weighted by Gasteiger charge is -2.26. The quantitative estimate of drug-likeness (QED) is 0.143. The Labute approximate surface area is 358 Å². The molecule has 0 aliphatic carbocycles. The fraction of sp³-hybridized carbons (Fsp3) is 0. The van der Waals surface area contributed by atoms with Crippen molar-refractivity contribution in [1.82, 2.24) is 4.98 Å². The van der Waals surface area contributed by atoms with Crippen LogP contribution < -0.4 is 9.80 Å². The van der Waals surface area contributed by atoms with Crippen molar-refractivity contribution in [2.45, 2.75) is 0 Å². The summed E-state index contributed by atoms with van der Waals surface area (Å²) >= 11 is 0. The summed E-state index contributed by atoms with van der Waals surface area (Å²) < 4.78 is 13.1. The number of nitrogens with zero attached hydrogens (tertiary/aromatic N) is 3. The van der Waals surface area contributed by atoms with E-state index in [-0.39, 0.29) is 0 Å². The van der Waals surface area contributed by atoms with Gasteiger partial charge in [0.1, 0.15) is 16.7 Å². The zero-order valence-corrected chi connectivity index (χ0v) is 33.5. The van der Waals surface area contributed by atoms with Gasteiger partial charge in [0.2, 0.25) is 5.89 Å². The predicted octanol–water partition coefficient (Wildman–Crippen LogP) is 16.3. The Hall–Kier alpha value is -8.41. The molecule has 2 aromatic heterocycles. The van der Waals surface area contributed by atoms with E-state index in [4.69, 9.17) is 13.8 Å². The molecular weight excluding hydrogens is 759 g/mol. The molecule has 0 unspecified atom stereocenters. The van der Waals surface area contributed by atoms with E-state index in [0.717, 1.165) is 99.8 Å². The number of hydrogen-bond acceptors (Lipinski definition) is 5. The first-order chi connectivity index (χ1) is 30.7. The summed E-state index contributed by atoms with van der Waals surface area (Å²) in [5.74, 6) is 0.564. The molecule has 2 heterocycles. The summed E-state index contributed by atoms with van der Waals surface area (Å²) in [7, 11) is 0. The van der Waals surface area contributed by atoms with Crippen molar-refractivity contribution >= 4 is 88.7 Å². The third kappa shape index (κ3) is 6.06. The van der Waals surface area contributed by atoms with Gasteiger partial charge >= 0.3 is 0 Å². The summed E-state index contributed by atoms with van der Waals surface area (Å²) in [5, 5.41) is 6.44. The lowest BCUT2D eigenvalue weighted by Crippen LogP contribution is -2.10. The maximum absolute atomic E-state index is 6.85. The van der Waals surface area contributed by atoms with Crippen LogP contribution >= 0.6 is 0 Å². The number of benzene rings is 10. The van der Waals surface area contributed by atoms with E-state index in [0.29, 0.717) is 5.89 Å². The average Bonchev–Trinajstić information content (AvgIpc) is 3.96. The number of aromatic nitrogens is 1. The van der Waals surface area contributed by atoms with E-state index in [1.54, 1.807) is 0 Å². The Kier molecular flexibility index (Phi) is 8.42. The maximum Gasteiger partial charge on any atom is 0.227 e. The Balaban J connectivity index is 1.00. The van der Waals surface area contributed by atoms with Gasteiger partial charge in [-0.25, -0.2) is 4.98 Å². The van der Waals surface area contributed by atoms with Gasteiger partial charge in [-0.15, -0.1) is 0 Å². The van der Waals surface area contributed by atoms with E-state index < -0.39 is 0 Å². The van der Waals surface area contributed by atoms with Crippen LogP contribution in [0.3, 0.4) is 0 Å². The van der Waals surface area contributed by atoms with Crippen LogP contribution in [0.4, 0.5) is 34.1 Å². The fourth-order valence-electron chi connectivity index (χ4n) is 8.94. The highest BCUT2D eigenvalue weighted by Crippen LogP contribution is 2.44. The first kappa shape index (κ1) is 35.5. The Morgan fingerprint density at radius 3 is 1.53 bits per heavy atom. The van der Waals surface area contributed by atoms with Crippen molar-refractivity contribution in [3.8, 4) is 22.6 Å². The fourth-order valence-corrected chi connectivity index (χ4v) is 8.94. The standard InChI is InChI=1S/C57H37N3O2/c1-4-15-38(16-5-1)39-27-29-43(30-28-39)60(46-32-34-54-52(37-46)48-24-12-13-26-53(48)61-54)44-22-14-17-40(35-44)57-58-55-49-33-31-45(36-51(49)47-23-10-11-25-50(47)56(55)62-57)59(41-18-6-2-7-19-41)42-20-8-3-9-21-42/h1-37H. The van der Waals surface area contributed by atoms with Gasteiger partial charge in [0, 0.05) is 61.2 Å². The van der Waals surface area contributed by atoms with Gasteiger partial charge in [-0.2, -0.15) is 0 Å². The molecule has 0 radical (unpaired) electrons. The van der Waals surface area contributed by atoms with Crippen molar-refractivity contribution in [2.75, 3.05) is 9.80 Å². The summed E-state index contributed by atoms with van der Waals surface area (Å²) in [4.78, 5) is 9.89. The zero-order valence-electron chi connectivity index (χ0n) is 33.5. The molecule has 0 saturated heterocycles. The van der Waals surface area contributed by atoms with Crippen LogP contribution in [0.5, 0.6) is 0 Å². The lowest BCUT2D eigenvalue weighted by molar-refractivity contribution is 0.623. The minimum absolute atomic E-state index is 0.564. The predicted molar refractivity (Wildman–Crippen MR) is 257 cm³/mol. The molecule has 0 spiro atoms. The molecule has 0 saturated carbocycles. The van der Waals surface area contributed by atoms with Crippen LogP contribution in [0.15, 0.2) is 233 Å². The average molecular weight is 796 g/mol. The third-order valence-electron chi connectivity index (χ3n) is 11.8. The van der Waals surface area contributed by atoms with Crippen LogP contribution in [0.1, 0.15) is 0 Å². The van der Waals surface area contributed by atoms with Crippen LogP contribution in [-0.2, 0) is 0 Å². The van der Waals surface area contributed by atoms with Crippen LogP contribution in [0.2, 0.25) is 0 Å². The smallest absolute Gasteiger partial charge is 0.227 e. The normalized spacial score (nSPS) is 11.5. The molecule has 12 aromatic rings. The Bertz CT molecular complexity index is 3540. The highest BCUT2D eigenvalue weighted by atomic mass is 16.3.